The molecule has 2 aromatic heterocycles. The van der Waals surface area contributed by atoms with Gasteiger partial charge in [0.1, 0.15) is 11.9 Å². The summed E-state index contributed by atoms with van der Waals surface area (Å²) < 4.78 is 30.8. The molecule has 2 aromatic carbocycles. The summed E-state index contributed by atoms with van der Waals surface area (Å²) in [5.74, 6) is 0.694. The number of aromatic nitrogens is 3. The van der Waals surface area contributed by atoms with Crippen LogP contribution in [0.3, 0.4) is 0 Å². The van der Waals surface area contributed by atoms with Gasteiger partial charge in [0.25, 0.3) is 0 Å². The fourth-order valence-electron chi connectivity index (χ4n) is 3.60. The Balaban J connectivity index is 1.39. The van der Waals surface area contributed by atoms with Crippen molar-refractivity contribution in [2.24, 2.45) is 0 Å². The Morgan fingerprint density at radius 3 is 2.80 bits per heavy atom. The number of nitrogens with zero attached hydrogens (tertiary/aromatic N) is 3. The summed E-state index contributed by atoms with van der Waals surface area (Å²) in [6.45, 7) is 0.623. The van der Waals surface area contributed by atoms with Gasteiger partial charge in [0, 0.05) is 30.0 Å². The van der Waals surface area contributed by atoms with Gasteiger partial charge in [0.05, 0.1) is 11.2 Å². The molecular formula is C21H19N5O3S. The topological polar surface area (TPSA) is 102 Å². The van der Waals surface area contributed by atoms with Crippen molar-refractivity contribution < 1.29 is 12.8 Å². The highest BCUT2D eigenvalue weighted by atomic mass is 32.2. The summed E-state index contributed by atoms with van der Waals surface area (Å²) in [5.41, 5.74) is 3.67. The van der Waals surface area contributed by atoms with Gasteiger partial charge in [-0.3, -0.25) is 9.88 Å². The van der Waals surface area contributed by atoms with E-state index < -0.39 is 9.84 Å². The van der Waals surface area contributed by atoms with Crippen LogP contribution in [0.15, 0.2) is 76.6 Å². The summed E-state index contributed by atoms with van der Waals surface area (Å²) >= 11 is 0. The Bertz CT molecular complexity index is 1350. The van der Waals surface area contributed by atoms with Crippen molar-refractivity contribution in [3.05, 3.63) is 84.3 Å². The predicted molar refractivity (Wildman–Crippen MR) is 112 cm³/mol. The van der Waals surface area contributed by atoms with Crippen LogP contribution in [-0.4, -0.2) is 29.4 Å². The van der Waals surface area contributed by atoms with Crippen LogP contribution in [0.2, 0.25) is 0 Å². The van der Waals surface area contributed by atoms with E-state index >= 15 is 0 Å². The molecule has 0 bridgehead atoms. The summed E-state index contributed by atoms with van der Waals surface area (Å²) in [6.07, 6.45) is 6.19. The fourth-order valence-corrected chi connectivity index (χ4v) is 4.23. The molecule has 0 unspecified atom stereocenters. The smallest absolute Gasteiger partial charge is 0.175 e. The molecule has 0 aliphatic carbocycles. The largest absolute Gasteiger partial charge is 0.464 e. The lowest BCUT2D eigenvalue weighted by atomic mass is 10.1. The van der Waals surface area contributed by atoms with Crippen LogP contribution in [0.4, 0.5) is 0 Å². The Morgan fingerprint density at radius 2 is 2.00 bits per heavy atom. The Hall–Kier alpha value is -3.43. The fraction of sp³-hybridized carbons (Fsp3) is 0.143. The van der Waals surface area contributed by atoms with Gasteiger partial charge in [0.15, 0.2) is 22.0 Å². The zero-order valence-corrected chi connectivity index (χ0v) is 16.9. The summed E-state index contributed by atoms with van der Waals surface area (Å²) in [7, 11) is -3.24. The van der Waals surface area contributed by atoms with Gasteiger partial charge >= 0.3 is 0 Å². The van der Waals surface area contributed by atoms with Crippen molar-refractivity contribution in [2.75, 3.05) is 6.26 Å². The number of rotatable bonds is 5. The van der Waals surface area contributed by atoms with Gasteiger partial charge < -0.3 is 9.73 Å². The minimum Gasteiger partial charge on any atom is -0.464 e. The highest BCUT2D eigenvalue weighted by molar-refractivity contribution is 7.90. The van der Waals surface area contributed by atoms with Crippen LogP contribution in [0.1, 0.15) is 23.2 Å². The second-order valence-corrected chi connectivity index (χ2v) is 9.13. The Morgan fingerprint density at radius 1 is 1.17 bits per heavy atom. The first kappa shape index (κ1) is 18.6. The SMILES string of the molecule is CS(=O)(=O)c1ccc(C2=CN[C@H](NCc3cccc4occc34)n3cnnc32)cc1. The Kier molecular flexibility index (Phi) is 4.41. The molecule has 0 radical (unpaired) electrons. The van der Waals surface area contributed by atoms with E-state index in [4.69, 9.17) is 4.42 Å². The quantitative estimate of drug-likeness (QED) is 0.511. The van der Waals surface area contributed by atoms with Gasteiger partial charge in [-0.05, 0) is 35.4 Å². The number of fused-ring (bicyclic) bond motifs is 2. The van der Waals surface area contributed by atoms with Crippen molar-refractivity contribution >= 4 is 26.4 Å². The molecule has 2 N–H and O–H groups in total. The van der Waals surface area contributed by atoms with E-state index in [0.29, 0.717) is 12.4 Å². The zero-order valence-electron chi connectivity index (χ0n) is 16.1. The highest BCUT2D eigenvalue weighted by Crippen LogP contribution is 2.27. The first-order valence-corrected chi connectivity index (χ1v) is 11.2. The first-order chi connectivity index (χ1) is 14.5. The Labute approximate surface area is 173 Å². The van der Waals surface area contributed by atoms with Crippen molar-refractivity contribution in [3.63, 3.8) is 0 Å². The second kappa shape index (κ2) is 7.12. The van der Waals surface area contributed by atoms with Gasteiger partial charge in [-0.1, -0.05) is 24.3 Å². The molecule has 5 rings (SSSR count). The van der Waals surface area contributed by atoms with Crippen molar-refractivity contribution in [2.45, 2.75) is 17.7 Å². The number of sulfone groups is 1. The molecule has 8 nitrogen and oxygen atoms in total. The van der Waals surface area contributed by atoms with Crippen LogP contribution in [0, 0.1) is 0 Å². The number of nitrogens with one attached hydrogen (secondary N) is 2. The minimum atomic E-state index is -3.24. The van der Waals surface area contributed by atoms with Crippen LogP contribution >= 0.6 is 0 Å². The first-order valence-electron chi connectivity index (χ1n) is 9.36. The van der Waals surface area contributed by atoms with E-state index in [2.05, 4.69) is 26.9 Å². The predicted octanol–water partition coefficient (Wildman–Crippen LogP) is 2.67. The van der Waals surface area contributed by atoms with E-state index in [0.717, 1.165) is 27.7 Å². The molecule has 1 atom stereocenters. The third-order valence-electron chi connectivity index (χ3n) is 5.14. The highest BCUT2D eigenvalue weighted by Gasteiger charge is 2.23. The molecule has 30 heavy (non-hydrogen) atoms. The molecule has 0 spiro atoms. The maximum absolute atomic E-state index is 11.7. The van der Waals surface area contributed by atoms with E-state index in [9.17, 15) is 8.42 Å². The molecule has 0 fully saturated rings. The zero-order chi connectivity index (χ0) is 20.7. The molecule has 1 aliphatic heterocycles. The average molecular weight is 421 g/mol. The lowest BCUT2D eigenvalue weighted by Crippen LogP contribution is -2.38. The average Bonchev–Trinajstić information content (AvgIpc) is 3.41. The third kappa shape index (κ3) is 3.27. The van der Waals surface area contributed by atoms with Gasteiger partial charge in [-0.2, -0.15) is 0 Å². The lowest BCUT2D eigenvalue weighted by molar-refractivity contribution is 0.354. The van der Waals surface area contributed by atoms with E-state index in [-0.39, 0.29) is 11.2 Å². The molecular weight excluding hydrogens is 402 g/mol. The number of hydrogen-bond acceptors (Lipinski definition) is 7. The standard InChI is InChI=1S/C21H19N5O3S/c1-30(27,28)16-7-5-14(6-8-16)18-12-23-21(26-13-24-25-20(18)26)22-11-15-3-2-4-19-17(15)9-10-29-19/h2-10,12-13,21-23H,11H2,1H3/t21-/m0/s1. The molecule has 0 saturated heterocycles. The number of furan rings is 1. The van der Waals surface area contributed by atoms with Gasteiger partial charge in [-0.15, -0.1) is 10.2 Å². The molecule has 1 aliphatic rings. The summed E-state index contributed by atoms with van der Waals surface area (Å²) in [5, 5.41) is 16.2. The molecule has 0 amide bonds. The van der Waals surface area contributed by atoms with Crippen LogP contribution in [0.25, 0.3) is 16.5 Å². The molecule has 3 heterocycles. The van der Waals surface area contributed by atoms with Crippen molar-refractivity contribution in [1.29, 1.82) is 0 Å². The van der Waals surface area contributed by atoms with E-state index in [1.54, 1.807) is 36.9 Å². The second-order valence-electron chi connectivity index (χ2n) is 7.12. The maximum atomic E-state index is 11.7. The van der Waals surface area contributed by atoms with E-state index in [1.807, 2.05) is 29.0 Å². The summed E-state index contributed by atoms with van der Waals surface area (Å²) in [4.78, 5) is 0.282. The molecule has 4 aromatic rings. The number of benzene rings is 2. The monoisotopic (exact) mass is 421 g/mol. The van der Waals surface area contributed by atoms with E-state index in [1.165, 1.54) is 6.26 Å². The van der Waals surface area contributed by atoms with Crippen LogP contribution in [-0.2, 0) is 16.4 Å². The van der Waals surface area contributed by atoms with Gasteiger partial charge in [-0.25, -0.2) is 8.42 Å². The third-order valence-corrected chi connectivity index (χ3v) is 6.27. The number of hydrogen-bond donors (Lipinski definition) is 2. The minimum absolute atomic E-state index is 0.226. The van der Waals surface area contributed by atoms with Crippen molar-refractivity contribution in [1.82, 2.24) is 25.4 Å². The van der Waals surface area contributed by atoms with Crippen LogP contribution < -0.4 is 10.6 Å². The molecule has 9 heteroatoms. The normalized spacial score (nSPS) is 16.2. The molecule has 152 valence electrons. The van der Waals surface area contributed by atoms with Crippen LogP contribution in [0.5, 0.6) is 0 Å². The maximum Gasteiger partial charge on any atom is 0.175 e. The van der Waals surface area contributed by atoms with Gasteiger partial charge in [0.2, 0.25) is 0 Å². The molecule has 0 saturated carbocycles. The lowest BCUT2D eigenvalue weighted by Gasteiger charge is -2.27. The summed E-state index contributed by atoms with van der Waals surface area (Å²) in [6, 6.07) is 14.7. The van der Waals surface area contributed by atoms with Crippen molar-refractivity contribution in [3.8, 4) is 0 Å².